The molecule has 0 saturated heterocycles. The molecule has 4 heteroatoms. The first-order valence-electron chi connectivity index (χ1n) is 7.28. The molecule has 0 heterocycles. The number of hydrogen-bond donors (Lipinski definition) is 1. The smallest absolute Gasteiger partial charge is 0.239 e. The van der Waals surface area contributed by atoms with Crippen LogP contribution in [0.1, 0.15) is 47.0 Å². The molecule has 1 N–H and O–H groups in total. The van der Waals surface area contributed by atoms with Gasteiger partial charge in [-0.05, 0) is 45.8 Å². The SMILES string of the molecule is CCSC1CCC(NC(C)C(=O)N(CC)CC)C1. The molecule has 1 rings (SSSR count). The number of likely N-dealkylation sites (N-methyl/N-ethyl adjacent to an activating group) is 1. The Morgan fingerprint density at radius 3 is 2.56 bits per heavy atom. The third kappa shape index (κ3) is 4.47. The molecule has 1 saturated carbocycles. The molecule has 0 aromatic heterocycles. The van der Waals surface area contributed by atoms with Gasteiger partial charge >= 0.3 is 0 Å². The van der Waals surface area contributed by atoms with Crippen LogP contribution in [0.3, 0.4) is 0 Å². The van der Waals surface area contributed by atoms with Crippen LogP contribution in [0.15, 0.2) is 0 Å². The average molecular weight is 272 g/mol. The maximum Gasteiger partial charge on any atom is 0.239 e. The monoisotopic (exact) mass is 272 g/mol. The standard InChI is InChI=1S/C14H28N2OS/c1-5-16(6-2)14(17)11(4)15-12-8-9-13(10-12)18-7-3/h11-13,15H,5-10H2,1-4H3. The van der Waals surface area contributed by atoms with Crippen molar-refractivity contribution in [3.05, 3.63) is 0 Å². The highest BCUT2D eigenvalue weighted by Crippen LogP contribution is 2.29. The van der Waals surface area contributed by atoms with Gasteiger partial charge in [-0.2, -0.15) is 11.8 Å². The Morgan fingerprint density at radius 1 is 1.33 bits per heavy atom. The molecule has 1 aliphatic carbocycles. The van der Waals surface area contributed by atoms with Gasteiger partial charge in [0.25, 0.3) is 0 Å². The lowest BCUT2D eigenvalue weighted by Gasteiger charge is -2.25. The fourth-order valence-corrected chi connectivity index (χ4v) is 3.86. The summed E-state index contributed by atoms with van der Waals surface area (Å²) in [4.78, 5) is 14.1. The molecule has 0 spiro atoms. The van der Waals surface area contributed by atoms with Gasteiger partial charge in [0.1, 0.15) is 0 Å². The van der Waals surface area contributed by atoms with Crippen molar-refractivity contribution in [2.75, 3.05) is 18.8 Å². The van der Waals surface area contributed by atoms with E-state index in [9.17, 15) is 4.79 Å². The summed E-state index contributed by atoms with van der Waals surface area (Å²) in [7, 11) is 0. The Kier molecular flexibility index (Phi) is 7.08. The Hall–Kier alpha value is -0.220. The van der Waals surface area contributed by atoms with Crippen LogP contribution in [-0.4, -0.2) is 47.0 Å². The Bertz CT molecular complexity index is 256. The van der Waals surface area contributed by atoms with Crippen molar-refractivity contribution in [3.8, 4) is 0 Å². The Balaban J connectivity index is 2.36. The van der Waals surface area contributed by atoms with Crippen LogP contribution in [0.2, 0.25) is 0 Å². The van der Waals surface area contributed by atoms with Crippen molar-refractivity contribution in [1.29, 1.82) is 0 Å². The molecular weight excluding hydrogens is 244 g/mol. The average Bonchev–Trinajstić information content (AvgIpc) is 2.78. The number of carbonyl (C=O) groups excluding carboxylic acids is 1. The summed E-state index contributed by atoms with van der Waals surface area (Å²) >= 11 is 2.06. The second kappa shape index (κ2) is 8.05. The molecule has 0 aromatic carbocycles. The first kappa shape index (κ1) is 15.8. The summed E-state index contributed by atoms with van der Waals surface area (Å²) < 4.78 is 0. The molecule has 0 aromatic rings. The fourth-order valence-electron chi connectivity index (χ4n) is 2.71. The lowest BCUT2D eigenvalue weighted by molar-refractivity contribution is -0.132. The van der Waals surface area contributed by atoms with E-state index in [1.807, 2.05) is 25.7 Å². The number of amides is 1. The predicted molar refractivity (Wildman–Crippen MR) is 80.1 cm³/mol. The van der Waals surface area contributed by atoms with Crippen molar-refractivity contribution in [1.82, 2.24) is 10.2 Å². The van der Waals surface area contributed by atoms with Gasteiger partial charge < -0.3 is 10.2 Å². The van der Waals surface area contributed by atoms with Crippen molar-refractivity contribution in [2.24, 2.45) is 0 Å². The molecule has 18 heavy (non-hydrogen) atoms. The maximum atomic E-state index is 12.2. The number of rotatable bonds is 7. The van der Waals surface area contributed by atoms with Gasteiger partial charge in [0.05, 0.1) is 6.04 Å². The molecule has 3 atom stereocenters. The van der Waals surface area contributed by atoms with Gasteiger partial charge in [-0.15, -0.1) is 0 Å². The van der Waals surface area contributed by atoms with E-state index in [-0.39, 0.29) is 11.9 Å². The van der Waals surface area contributed by atoms with Crippen LogP contribution in [0.4, 0.5) is 0 Å². The molecule has 1 amide bonds. The normalized spacial score (nSPS) is 25.1. The quantitative estimate of drug-likeness (QED) is 0.773. The zero-order valence-corrected chi connectivity index (χ0v) is 13.1. The molecule has 0 radical (unpaired) electrons. The summed E-state index contributed by atoms with van der Waals surface area (Å²) in [5, 5.41) is 4.31. The van der Waals surface area contributed by atoms with E-state index >= 15 is 0 Å². The lowest BCUT2D eigenvalue weighted by atomic mass is 10.2. The van der Waals surface area contributed by atoms with Crippen LogP contribution >= 0.6 is 11.8 Å². The first-order valence-corrected chi connectivity index (χ1v) is 8.33. The number of carbonyl (C=O) groups is 1. The van der Waals surface area contributed by atoms with E-state index in [2.05, 4.69) is 24.0 Å². The summed E-state index contributed by atoms with van der Waals surface area (Å²) in [5.41, 5.74) is 0. The van der Waals surface area contributed by atoms with Crippen LogP contribution in [-0.2, 0) is 4.79 Å². The van der Waals surface area contributed by atoms with Gasteiger partial charge in [0.2, 0.25) is 5.91 Å². The minimum Gasteiger partial charge on any atom is -0.342 e. The van der Waals surface area contributed by atoms with Gasteiger partial charge in [0.15, 0.2) is 0 Å². The van der Waals surface area contributed by atoms with E-state index in [1.54, 1.807) is 0 Å². The van der Waals surface area contributed by atoms with E-state index in [1.165, 1.54) is 25.0 Å². The number of nitrogens with one attached hydrogen (secondary N) is 1. The van der Waals surface area contributed by atoms with E-state index in [0.717, 1.165) is 18.3 Å². The summed E-state index contributed by atoms with van der Waals surface area (Å²) in [6.45, 7) is 9.91. The highest BCUT2D eigenvalue weighted by Gasteiger charge is 2.28. The number of hydrogen-bond acceptors (Lipinski definition) is 3. The minimum atomic E-state index is -0.0414. The summed E-state index contributed by atoms with van der Waals surface area (Å²) in [6, 6.07) is 0.490. The van der Waals surface area contributed by atoms with Crippen LogP contribution < -0.4 is 5.32 Å². The summed E-state index contributed by atoms with van der Waals surface area (Å²) in [5.74, 6) is 1.44. The topological polar surface area (TPSA) is 32.3 Å². The third-order valence-electron chi connectivity index (χ3n) is 3.72. The highest BCUT2D eigenvalue weighted by molar-refractivity contribution is 7.99. The molecule has 106 valence electrons. The predicted octanol–water partition coefficient (Wildman–Crippen LogP) is 2.51. The Labute approximate surface area is 116 Å². The molecular formula is C14H28N2OS. The molecule has 3 unspecified atom stereocenters. The molecule has 0 bridgehead atoms. The molecule has 3 nitrogen and oxygen atoms in total. The van der Waals surface area contributed by atoms with Crippen molar-refractivity contribution >= 4 is 17.7 Å². The van der Waals surface area contributed by atoms with Gasteiger partial charge in [-0.25, -0.2) is 0 Å². The zero-order chi connectivity index (χ0) is 13.5. The minimum absolute atomic E-state index is 0.0414. The first-order chi connectivity index (χ1) is 8.62. The van der Waals surface area contributed by atoms with Crippen molar-refractivity contribution < 1.29 is 4.79 Å². The number of nitrogens with zero attached hydrogens (tertiary/aromatic N) is 1. The fraction of sp³-hybridized carbons (Fsp3) is 0.929. The maximum absolute atomic E-state index is 12.2. The van der Waals surface area contributed by atoms with Crippen molar-refractivity contribution in [3.63, 3.8) is 0 Å². The lowest BCUT2D eigenvalue weighted by Crippen LogP contribution is -2.47. The van der Waals surface area contributed by atoms with Crippen LogP contribution in [0, 0.1) is 0 Å². The molecule has 0 aliphatic heterocycles. The Morgan fingerprint density at radius 2 is 2.00 bits per heavy atom. The largest absolute Gasteiger partial charge is 0.342 e. The third-order valence-corrected chi connectivity index (χ3v) is 4.95. The van der Waals surface area contributed by atoms with E-state index in [0.29, 0.717) is 6.04 Å². The van der Waals surface area contributed by atoms with Crippen LogP contribution in [0.25, 0.3) is 0 Å². The van der Waals surface area contributed by atoms with E-state index in [4.69, 9.17) is 0 Å². The van der Waals surface area contributed by atoms with Gasteiger partial charge in [-0.1, -0.05) is 6.92 Å². The zero-order valence-electron chi connectivity index (χ0n) is 12.2. The molecule has 1 aliphatic rings. The van der Waals surface area contributed by atoms with Crippen molar-refractivity contribution in [2.45, 2.75) is 64.3 Å². The summed E-state index contributed by atoms with van der Waals surface area (Å²) in [6.07, 6.45) is 3.73. The molecule has 1 fully saturated rings. The highest BCUT2D eigenvalue weighted by atomic mass is 32.2. The van der Waals surface area contributed by atoms with Gasteiger partial charge in [-0.3, -0.25) is 4.79 Å². The van der Waals surface area contributed by atoms with E-state index < -0.39 is 0 Å². The second-order valence-corrected chi connectivity index (χ2v) is 6.56. The second-order valence-electron chi connectivity index (χ2n) is 4.99. The number of thioether (sulfide) groups is 1. The van der Waals surface area contributed by atoms with Crippen LogP contribution in [0.5, 0.6) is 0 Å². The van der Waals surface area contributed by atoms with Gasteiger partial charge in [0, 0.05) is 24.4 Å².